The number of rotatable bonds is 8. The van der Waals surface area contributed by atoms with Gasteiger partial charge in [0.2, 0.25) is 5.91 Å². The summed E-state index contributed by atoms with van der Waals surface area (Å²) >= 11 is 0. The fourth-order valence-electron chi connectivity index (χ4n) is 1.55. The van der Waals surface area contributed by atoms with Gasteiger partial charge in [0.15, 0.2) is 0 Å². The molecule has 0 spiro atoms. The Hall–Kier alpha value is -1.59. The van der Waals surface area contributed by atoms with Crippen LogP contribution in [0.15, 0.2) is 24.3 Å². The van der Waals surface area contributed by atoms with Crippen LogP contribution in [0.3, 0.4) is 0 Å². The summed E-state index contributed by atoms with van der Waals surface area (Å²) in [4.78, 5) is 13.6. The summed E-state index contributed by atoms with van der Waals surface area (Å²) in [5.41, 5.74) is 2.24. The molecule has 0 heterocycles. The standard InChI is InChI=1S/C14H23N3O2/c1-17(2)13-6-4-12(5-7-13)10-16-14(18)11-15-8-9-19-3/h4-7,15H,8-11H2,1-3H3,(H,16,18). The highest BCUT2D eigenvalue weighted by Crippen LogP contribution is 2.11. The summed E-state index contributed by atoms with van der Waals surface area (Å²) in [5.74, 6) is -0.00668. The third-order valence-electron chi connectivity index (χ3n) is 2.71. The molecule has 0 aliphatic rings. The molecule has 0 aliphatic heterocycles. The molecule has 1 aromatic rings. The molecule has 0 fully saturated rings. The van der Waals surface area contributed by atoms with Crippen LogP contribution in [0, 0.1) is 0 Å². The third kappa shape index (κ3) is 6.22. The molecule has 106 valence electrons. The number of nitrogens with zero attached hydrogens (tertiary/aromatic N) is 1. The van der Waals surface area contributed by atoms with Gasteiger partial charge in [-0.15, -0.1) is 0 Å². The maximum absolute atomic E-state index is 11.5. The molecule has 2 N–H and O–H groups in total. The molecule has 1 amide bonds. The Morgan fingerprint density at radius 1 is 1.26 bits per heavy atom. The molecule has 0 bridgehead atoms. The maximum atomic E-state index is 11.5. The molecule has 0 unspecified atom stereocenters. The van der Waals surface area contributed by atoms with Crippen molar-refractivity contribution in [1.29, 1.82) is 0 Å². The summed E-state index contributed by atoms with van der Waals surface area (Å²) in [6, 6.07) is 8.12. The summed E-state index contributed by atoms with van der Waals surface area (Å²) in [6.45, 7) is 2.17. The Kier molecular flexibility index (Phi) is 6.92. The lowest BCUT2D eigenvalue weighted by Gasteiger charge is -2.13. The number of nitrogens with one attached hydrogen (secondary N) is 2. The molecule has 0 aromatic heterocycles. The van der Waals surface area contributed by atoms with Crippen LogP contribution in [0.25, 0.3) is 0 Å². The molecule has 0 atom stereocenters. The Morgan fingerprint density at radius 3 is 2.53 bits per heavy atom. The van der Waals surface area contributed by atoms with Crippen molar-refractivity contribution in [1.82, 2.24) is 10.6 Å². The van der Waals surface area contributed by atoms with Gasteiger partial charge in [-0.1, -0.05) is 12.1 Å². The smallest absolute Gasteiger partial charge is 0.234 e. The summed E-state index contributed by atoms with van der Waals surface area (Å²) in [6.07, 6.45) is 0. The maximum Gasteiger partial charge on any atom is 0.234 e. The molecule has 1 aromatic carbocycles. The predicted molar refractivity (Wildman–Crippen MR) is 77.4 cm³/mol. The second kappa shape index (κ2) is 8.50. The number of benzene rings is 1. The van der Waals surface area contributed by atoms with Crippen molar-refractivity contribution in [2.75, 3.05) is 45.8 Å². The lowest BCUT2D eigenvalue weighted by atomic mass is 10.2. The fraction of sp³-hybridized carbons (Fsp3) is 0.500. The molecule has 5 heteroatoms. The van der Waals surface area contributed by atoms with E-state index in [-0.39, 0.29) is 5.91 Å². The first-order valence-corrected chi connectivity index (χ1v) is 6.36. The third-order valence-corrected chi connectivity index (χ3v) is 2.71. The zero-order chi connectivity index (χ0) is 14.1. The van der Waals surface area contributed by atoms with Crippen LogP contribution in [0.1, 0.15) is 5.56 Å². The molecule has 5 nitrogen and oxygen atoms in total. The van der Waals surface area contributed by atoms with Crippen molar-refractivity contribution in [2.24, 2.45) is 0 Å². The molecule has 1 rings (SSSR count). The van der Waals surface area contributed by atoms with E-state index in [4.69, 9.17) is 4.74 Å². The molecule has 0 radical (unpaired) electrons. The van der Waals surface area contributed by atoms with E-state index in [9.17, 15) is 4.79 Å². The summed E-state index contributed by atoms with van der Waals surface area (Å²) < 4.78 is 4.89. The second-order valence-electron chi connectivity index (χ2n) is 4.51. The highest BCUT2D eigenvalue weighted by molar-refractivity contribution is 5.77. The summed E-state index contributed by atoms with van der Waals surface area (Å²) in [7, 11) is 5.64. The Balaban J connectivity index is 2.26. The largest absolute Gasteiger partial charge is 0.383 e. The van der Waals surface area contributed by atoms with Gasteiger partial charge in [-0.3, -0.25) is 4.79 Å². The van der Waals surface area contributed by atoms with Crippen molar-refractivity contribution in [3.8, 4) is 0 Å². The zero-order valence-electron chi connectivity index (χ0n) is 11.9. The van der Waals surface area contributed by atoms with Crippen LogP contribution >= 0.6 is 0 Å². The van der Waals surface area contributed by atoms with E-state index in [1.54, 1.807) is 7.11 Å². The van der Waals surface area contributed by atoms with Gasteiger partial charge in [0.05, 0.1) is 13.2 Å². The molecule has 0 saturated heterocycles. The Morgan fingerprint density at radius 2 is 1.95 bits per heavy atom. The molecule has 0 saturated carbocycles. The van der Waals surface area contributed by atoms with Gasteiger partial charge >= 0.3 is 0 Å². The number of ether oxygens (including phenoxy) is 1. The van der Waals surface area contributed by atoms with Crippen molar-refractivity contribution in [2.45, 2.75) is 6.54 Å². The number of anilines is 1. The van der Waals surface area contributed by atoms with E-state index in [0.29, 0.717) is 26.2 Å². The van der Waals surface area contributed by atoms with E-state index in [1.165, 1.54) is 0 Å². The first-order valence-electron chi connectivity index (χ1n) is 6.36. The number of hydrogen-bond donors (Lipinski definition) is 2. The molecule has 19 heavy (non-hydrogen) atoms. The second-order valence-corrected chi connectivity index (χ2v) is 4.51. The predicted octanol–water partition coefficient (Wildman–Crippen LogP) is 0.605. The van der Waals surface area contributed by atoms with Crippen molar-refractivity contribution in [3.63, 3.8) is 0 Å². The van der Waals surface area contributed by atoms with Crippen LogP contribution in [0.5, 0.6) is 0 Å². The van der Waals surface area contributed by atoms with Crippen molar-refractivity contribution in [3.05, 3.63) is 29.8 Å². The monoisotopic (exact) mass is 265 g/mol. The number of carbonyl (C=O) groups excluding carboxylic acids is 1. The van der Waals surface area contributed by atoms with Gasteiger partial charge in [-0.05, 0) is 17.7 Å². The van der Waals surface area contributed by atoms with Crippen molar-refractivity contribution < 1.29 is 9.53 Å². The minimum Gasteiger partial charge on any atom is -0.383 e. The van der Waals surface area contributed by atoms with E-state index in [2.05, 4.69) is 10.6 Å². The Bertz CT molecular complexity index is 377. The molecular weight excluding hydrogens is 242 g/mol. The van der Waals surface area contributed by atoms with E-state index >= 15 is 0 Å². The van der Waals surface area contributed by atoms with Gasteiger partial charge in [0.1, 0.15) is 0 Å². The lowest BCUT2D eigenvalue weighted by Crippen LogP contribution is -2.34. The van der Waals surface area contributed by atoms with Crippen molar-refractivity contribution >= 4 is 11.6 Å². The van der Waals surface area contributed by atoms with Crippen LogP contribution in [-0.4, -0.2) is 46.8 Å². The Labute approximate surface area is 114 Å². The van der Waals surface area contributed by atoms with Crippen LogP contribution in [-0.2, 0) is 16.1 Å². The first-order chi connectivity index (χ1) is 9.13. The number of methoxy groups -OCH3 is 1. The van der Waals surface area contributed by atoms with Crippen LogP contribution in [0.4, 0.5) is 5.69 Å². The van der Waals surface area contributed by atoms with Gasteiger partial charge in [0, 0.05) is 40.0 Å². The first kappa shape index (κ1) is 15.5. The fourth-order valence-corrected chi connectivity index (χ4v) is 1.55. The average Bonchev–Trinajstić information content (AvgIpc) is 2.42. The zero-order valence-corrected chi connectivity index (χ0v) is 11.9. The van der Waals surface area contributed by atoms with Crippen LogP contribution < -0.4 is 15.5 Å². The SMILES string of the molecule is COCCNCC(=O)NCc1ccc(N(C)C)cc1. The van der Waals surface area contributed by atoms with Gasteiger partial charge < -0.3 is 20.3 Å². The highest BCUT2D eigenvalue weighted by Gasteiger charge is 2.01. The topological polar surface area (TPSA) is 53.6 Å². The average molecular weight is 265 g/mol. The van der Waals surface area contributed by atoms with E-state index < -0.39 is 0 Å². The summed E-state index contributed by atoms with van der Waals surface area (Å²) in [5, 5.41) is 5.87. The molecule has 0 aliphatic carbocycles. The number of amides is 1. The van der Waals surface area contributed by atoms with E-state index in [1.807, 2.05) is 43.3 Å². The molecular formula is C14H23N3O2. The van der Waals surface area contributed by atoms with Gasteiger partial charge in [-0.2, -0.15) is 0 Å². The van der Waals surface area contributed by atoms with E-state index in [0.717, 1.165) is 11.3 Å². The lowest BCUT2D eigenvalue weighted by molar-refractivity contribution is -0.120. The van der Waals surface area contributed by atoms with Gasteiger partial charge in [-0.25, -0.2) is 0 Å². The number of hydrogen-bond acceptors (Lipinski definition) is 4. The normalized spacial score (nSPS) is 10.3. The minimum atomic E-state index is -0.00668. The minimum absolute atomic E-state index is 0.00668. The number of carbonyl (C=O) groups is 1. The van der Waals surface area contributed by atoms with Crippen LogP contribution in [0.2, 0.25) is 0 Å². The quantitative estimate of drug-likeness (QED) is 0.676. The van der Waals surface area contributed by atoms with Gasteiger partial charge in [0.25, 0.3) is 0 Å². The highest BCUT2D eigenvalue weighted by atomic mass is 16.5.